The first kappa shape index (κ1) is 10.5. The number of rotatable bonds is 4. The molecule has 0 aliphatic heterocycles. The average Bonchev–Trinajstić information content (AvgIpc) is 1.88. The second kappa shape index (κ2) is 4.39. The summed E-state index contributed by atoms with van der Waals surface area (Å²) in [5.74, 6) is 0. The zero-order valence-corrected chi connectivity index (χ0v) is 8.54. The summed E-state index contributed by atoms with van der Waals surface area (Å²) in [6, 6.07) is 0. The lowest BCUT2D eigenvalue weighted by Gasteiger charge is -2.20. The quantitative estimate of drug-likeness (QED) is 0.624. The molecule has 0 aromatic carbocycles. The van der Waals surface area contributed by atoms with Crippen molar-refractivity contribution in [1.82, 2.24) is 4.67 Å². The van der Waals surface area contributed by atoms with Crippen LogP contribution in [0.2, 0.25) is 0 Å². The maximum absolute atomic E-state index is 11.5. The summed E-state index contributed by atoms with van der Waals surface area (Å²) in [5, 5.41) is 0. The Bertz CT molecular complexity index is 140. The molecule has 0 saturated heterocycles. The van der Waals surface area contributed by atoms with Gasteiger partial charge < -0.3 is 4.52 Å². The lowest BCUT2D eigenvalue weighted by molar-refractivity contribution is 0.313. The van der Waals surface area contributed by atoms with Gasteiger partial charge in [-0.25, -0.2) is 4.67 Å². The second-order valence-electron chi connectivity index (χ2n) is 1.92. The third kappa shape index (κ3) is 2.62. The van der Waals surface area contributed by atoms with Gasteiger partial charge in [0.2, 0.25) is 0 Å². The Morgan fingerprint density at radius 3 is 2.20 bits per heavy atom. The van der Waals surface area contributed by atoms with E-state index < -0.39 is 6.72 Å². The molecule has 0 unspecified atom stereocenters. The molecule has 0 saturated carbocycles. The summed E-state index contributed by atoms with van der Waals surface area (Å²) in [5.41, 5.74) is 0. The first-order chi connectivity index (χ1) is 4.56. The van der Waals surface area contributed by atoms with Crippen LogP contribution in [0.3, 0.4) is 0 Å². The predicted molar refractivity (Wildman–Crippen MR) is 46.4 cm³/mol. The van der Waals surface area contributed by atoms with Crippen LogP contribution in [-0.2, 0) is 9.09 Å². The molecular weight excluding hydrogens is 169 g/mol. The largest absolute Gasteiger partial charge is 0.328 e. The van der Waals surface area contributed by atoms with Crippen LogP contribution in [0.1, 0.15) is 6.92 Å². The minimum Gasteiger partial charge on any atom is -0.310 e. The summed E-state index contributed by atoms with van der Waals surface area (Å²) >= 11 is 1.26. The van der Waals surface area contributed by atoms with Gasteiger partial charge in [0.1, 0.15) is 0 Å². The van der Waals surface area contributed by atoms with Crippen molar-refractivity contribution in [3.05, 3.63) is 0 Å². The topological polar surface area (TPSA) is 29.5 Å². The monoisotopic (exact) mass is 183 g/mol. The highest BCUT2D eigenvalue weighted by molar-refractivity contribution is 8.55. The highest BCUT2D eigenvalue weighted by atomic mass is 32.7. The van der Waals surface area contributed by atoms with Crippen LogP contribution >= 0.6 is 18.1 Å². The maximum atomic E-state index is 11.5. The van der Waals surface area contributed by atoms with Crippen LogP contribution < -0.4 is 0 Å². The van der Waals surface area contributed by atoms with E-state index in [4.69, 9.17) is 4.52 Å². The molecule has 0 aliphatic rings. The first-order valence-corrected chi connectivity index (χ1v) is 6.45. The summed E-state index contributed by atoms with van der Waals surface area (Å²) in [6.07, 6.45) is 1.79. The molecule has 0 aromatic rings. The van der Waals surface area contributed by atoms with E-state index >= 15 is 0 Å². The van der Waals surface area contributed by atoms with E-state index in [1.54, 1.807) is 25.0 Å². The molecule has 0 N–H and O–H groups in total. The molecule has 10 heavy (non-hydrogen) atoms. The minimum atomic E-state index is -2.52. The van der Waals surface area contributed by atoms with Crippen molar-refractivity contribution in [1.29, 1.82) is 0 Å². The third-order valence-electron chi connectivity index (χ3n) is 1.01. The van der Waals surface area contributed by atoms with Crippen molar-refractivity contribution < 1.29 is 9.09 Å². The zero-order valence-electron chi connectivity index (χ0n) is 6.83. The van der Waals surface area contributed by atoms with E-state index in [9.17, 15) is 4.57 Å². The highest BCUT2D eigenvalue weighted by Crippen LogP contribution is 2.59. The van der Waals surface area contributed by atoms with Crippen molar-refractivity contribution >= 4 is 18.1 Å². The van der Waals surface area contributed by atoms with Gasteiger partial charge in [-0.05, 0) is 27.3 Å². The lowest BCUT2D eigenvalue weighted by Crippen LogP contribution is -2.07. The van der Waals surface area contributed by atoms with Crippen LogP contribution in [0.15, 0.2) is 0 Å². The van der Waals surface area contributed by atoms with Gasteiger partial charge in [0.05, 0.1) is 6.61 Å². The molecule has 3 nitrogen and oxygen atoms in total. The van der Waals surface area contributed by atoms with Gasteiger partial charge in [-0.2, -0.15) is 0 Å². The Morgan fingerprint density at radius 2 is 2.10 bits per heavy atom. The van der Waals surface area contributed by atoms with Gasteiger partial charge >= 0.3 is 6.72 Å². The van der Waals surface area contributed by atoms with Crippen molar-refractivity contribution in [2.45, 2.75) is 6.92 Å². The fraction of sp³-hybridized carbons (Fsp3) is 1.00. The summed E-state index contributed by atoms with van der Waals surface area (Å²) < 4.78 is 18.3. The minimum absolute atomic E-state index is 0.496. The number of nitrogens with zero attached hydrogens (tertiary/aromatic N) is 1. The Hall–Kier alpha value is 0.500. The zero-order chi connectivity index (χ0) is 8.20. The van der Waals surface area contributed by atoms with Gasteiger partial charge in [-0.1, -0.05) is 11.4 Å². The molecule has 0 heterocycles. The van der Waals surface area contributed by atoms with Gasteiger partial charge in [-0.15, -0.1) is 0 Å². The van der Waals surface area contributed by atoms with Crippen LogP contribution in [0.4, 0.5) is 0 Å². The van der Waals surface area contributed by atoms with Crippen molar-refractivity contribution in [2.75, 3.05) is 27.0 Å². The van der Waals surface area contributed by atoms with E-state index in [0.717, 1.165) is 0 Å². The maximum Gasteiger partial charge on any atom is 0.328 e. The summed E-state index contributed by atoms with van der Waals surface area (Å²) in [7, 11) is 3.51. The van der Waals surface area contributed by atoms with Crippen LogP contribution in [0.5, 0.6) is 0 Å². The van der Waals surface area contributed by atoms with Crippen molar-refractivity contribution in [2.24, 2.45) is 0 Å². The SMILES string of the molecule is CCO[P@@](=O)(SC)N(C)C. The van der Waals surface area contributed by atoms with E-state index in [-0.39, 0.29) is 0 Å². The Labute approximate surface area is 66.4 Å². The van der Waals surface area contributed by atoms with Crippen molar-refractivity contribution in [3.8, 4) is 0 Å². The molecule has 62 valence electrons. The fourth-order valence-corrected chi connectivity index (χ4v) is 3.10. The van der Waals surface area contributed by atoms with Crippen LogP contribution in [-0.4, -0.2) is 31.6 Å². The van der Waals surface area contributed by atoms with Crippen molar-refractivity contribution in [3.63, 3.8) is 0 Å². The summed E-state index contributed by atoms with van der Waals surface area (Å²) in [4.78, 5) is 0. The molecular formula is C5H14NO2PS. The van der Waals surface area contributed by atoms with Gasteiger partial charge in [-0.3, -0.25) is 4.57 Å². The lowest BCUT2D eigenvalue weighted by atomic mass is 10.9. The van der Waals surface area contributed by atoms with E-state index in [1.165, 1.54) is 11.4 Å². The number of hydrogen-bond acceptors (Lipinski definition) is 3. The molecule has 1 atom stereocenters. The van der Waals surface area contributed by atoms with Gasteiger partial charge in [0.15, 0.2) is 0 Å². The average molecular weight is 183 g/mol. The molecule has 5 heteroatoms. The molecule has 0 fully saturated rings. The van der Waals surface area contributed by atoms with Crippen LogP contribution in [0.25, 0.3) is 0 Å². The Kier molecular flexibility index (Phi) is 4.61. The van der Waals surface area contributed by atoms with Gasteiger partial charge in [0, 0.05) is 0 Å². The molecule has 0 amide bonds. The summed E-state index contributed by atoms with van der Waals surface area (Å²) in [6.45, 7) is -0.186. The van der Waals surface area contributed by atoms with E-state index in [2.05, 4.69) is 0 Å². The molecule has 0 spiro atoms. The molecule has 0 bridgehead atoms. The Morgan fingerprint density at radius 1 is 1.60 bits per heavy atom. The molecule has 0 aliphatic carbocycles. The normalized spacial score (nSPS) is 17.3. The van der Waals surface area contributed by atoms with Crippen LogP contribution in [0, 0.1) is 0 Å². The highest BCUT2D eigenvalue weighted by Gasteiger charge is 2.23. The standard InChI is InChI=1S/C5H14NO2PS/c1-5-8-9(7,10-4)6(2)3/h5H2,1-4H3/t9-/m1/s1. The Balaban J connectivity index is 4.10. The number of hydrogen-bond donors (Lipinski definition) is 0. The third-order valence-corrected chi connectivity index (χ3v) is 5.72. The smallest absolute Gasteiger partial charge is 0.310 e. The fourth-order valence-electron chi connectivity index (χ4n) is 0.495. The van der Waals surface area contributed by atoms with E-state index in [1.807, 2.05) is 6.92 Å². The van der Waals surface area contributed by atoms with Gasteiger partial charge in [0.25, 0.3) is 0 Å². The predicted octanol–water partition coefficient (Wildman–Crippen LogP) is 2.06. The van der Waals surface area contributed by atoms with E-state index in [0.29, 0.717) is 6.61 Å². The molecule has 0 rings (SSSR count). The first-order valence-electron chi connectivity index (χ1n) is 3.05. The second-order valence-corrected chi connectivity index (χ2v) is 6.76. The molecule has 0 aromatic heterocycles. The molecule has 0 radical (unpaired) electrons.